The second-order valence-electron chi connectivity index (χ2n) is 6.96. The van der Waals surface area contributed by atoms with Crippen molar-refractivity contribution in [2.45, 2.75) is 24.7 Å². The van der Waals surface area contributed by atoms with E-state index in [4.69, 9.17) is 9.88 Å². The Hall–Kier alpha value is -2.12. The monoisotopic (exact) mass is 361 g/mol. The Balaban J connectivity index is 1.72. The normalized spacial score (nSPS) is 21.6. The van der Waals surface area contributed by atoms with E-state index in [2.05, 4.69) is 24.1 Å². The Morgan fingerprint density at radius 2 is 1.92 bits per heavy atom. The summed E-state index contributed by atoms with van der Waals surface area (Å²) in [6.07, 6.45) is 1.70. The average Bonchev–Trinajstić information content (AvgIpc) is 3.13. The van der Waals surface area contributed by atoms with Gasteiger partial charge < -0.3 is 10.1 Å². The zero-order valence-corrected chi connectivity index (χ0v) is 15.4. The van der Waals surface area contributed by atoms with E-state index in [9.17, 15) is 8.42 Å². The van der Waals surface area contributed by atoms with Crippen LogP contribution in [0.25, 0.3) is 0 Å². The lowest BCUT2D eigenvalue weighted by molar-refractivity contribution is 0.399. The Kier molecular flexibility index (Phi) is 4.47. The molecule has 0 radical (unpaired) electrons. The predicted molar refractivity (Wildman–Crippen MR) is 97.1 cm³/mol. The first-order valence-corrected chi connectivity index (χ1v) is 9.65. The number of aromatic nitrogens is 1. The molecule has 7 heteroatoms. The largest absolute Gasteiger partial charge is 0.480 e. The first kappa shape index (κ1) is 17.7. The molecule has 1 aliphatic carbocycles. The highest BCUT2D eigenvalue weighted by Gasteiger charge is 2.57. The van der Waals surface area contributed by atoms with Gasteiger partial charge in [-0.1, -0.05) is 26.0 Å². The van der Waals surface area contributed by atoms with Gasteiger partial charge in [0.2, 0.25) is 15.9 Å². The van der Waals surface area contributed by atoms with Gasteiger partial charge in [-0.25, -0.2) is 18.5 Å². The standard InChI is InChI=1S/C18H23N3O3S/c1-18(2)14(11-21-15-5-4-10-20-17(15)24-3)16(18)12-6-8-13(9-7-12)25(19,22)23/h4-10,14,16,21H,11H2,1-3H3,(H2,19,22,23)/t14-,16-/m1/s1. The molecule has 1 heterocycles. The van der Waals surface area contributed by atoms with Gasteiger partial charge in [0.1, 0.15) is 0 Å². The molecule has 2 atom stereocenters. The highest BCUT2D eigenvalue weighted by atomic mass is 32.2. The van der Waals surface area contributed by atoms with Crippen LogP contribution >= 0.6 is 0 Å². The van der Waals surface area contributed by atoms with Crippen molar-refractivity contribution in [1.82, 2.24) is 4.98 Å². The summed E-state index contributed by atoms with van der Waals surface area (Å²) in [5.41, 5.74) is 2.13. The molecular weight excluding hydrogens is 338 g/mol. The third kappa shape index (κ3) is 3.48. The van der Waals surface area contributed by atoms with E-state index in [1.165, 1.54) is 0 Å². The summed E-state index contributed by atoms with van der Waals surface area (Å²) in [6.45, 7) is 5.23. The van der Waals surface area contributed by atoms with Crippen LogP contribution in [0.3, 0.4) is 0 Å². The number of nitrogens with two attached hydrogens (primary N) is 1. The van der Waals surface area contributed by atoms with E-state index in [1.807, 2.05) is 24.3 Å². The van der Waals surface area contributed by atoms with Crippen molar-refractivity contribution in [3.8, 4) is 5.88 Å². The Bertz CT molecular complexity index is 863. The van der Waals surface area contributed by atoms with Gasteiger partial charge in [-0.2, -0.15) is 0 Å². The summed E-state index contributed by atoms with van der Waals surface area (Å²) in [7, 11) is -2.05. The van der Waals surface area contributed by atoms with Gasteiger partial charge in [-0.05, 0) is 47.1 Å². The molecule has 0 unspecified atom stereocenters. The lowest BCUT2D eigenvalue weighted by Gasteiger charge is -2.10. The summed E-state index contributed by atoms with van der Waals surface area (Å²) < 4.78 is 28.0. The topological polar surface area (TPSA) is 94.3 Å². The summed E-state index contributed by atoms with van der Waals surface area (Å²) in [5.74, 6) is 1.37. The van der Waals surface area contributed by atoms with E-state index in [-0.39, 0.29) is 10.3 Å². The minimum atomic E-state index is -3.65. The Morgan fingerprint density at radius 3 is 2.52 bits per heavy atom. The first-order valence-electron chi connectivity index (χ1n) is 8.11. The molecule has 0 saturated heterocycles. The molecule has 2 aromatic rings. The second-order valence-corrected chi connectivity index (χ2v) is 8.52. The molecule has 0 spiro atoms. The maximum Gasteiger partial charge on any atom is 0.238 e. The van der Waals surface area contributed by atoms with Gasteiger partial charge in [-0.15, -0.1) is 0 Å². The number of hydrogen-bond donors (Lipinski definition) is 2. The molecular formula is C18H23N3O3S. The van der Waals surface area contributed by atoms with Gasteiger partial charge >= 0.3 is 0 Å². The maximum atomic E-state index is 11.4. The molecule has 0 bridgehead atoms. The van der Waals surface area contributed by atoms with Gasteiger partial charge in [0.05, 0.1) is 17.7 Å². The summed E-state index contributed by atoms with van der Waals surface area (Å²) >= 11 is 0. The van der Waals surface area contributed by atoms with Gasteiger partial charge in [-0.3, -0.25) is 0 Å². The number of benzene rings is 1. The predicted octanol–water partition coefficient (Wildman–Crippen LogP) is 2.59. The minimum Gasteiger partial charge on any atom is -0.480 e. The third-order valence-corrected chi connectivity index (χ3v) is 6.02. The van der Waals surface area contributed by atoms with Crippen LogP contribution < -0.4 is 15.2 Å². The molecule has 3 N–H and O–H groups in total. The number of rotatable bonds is 6. The minimum absolute atomic E-state index is 0.131. The van der Waals surface area contributed by atoms with Crippen LogP contribution in [0.2, 0.25) is 0 Å². The van der Waals surface area contributed by atoms with Gasteiger partial charge in [0.25, 0.3) is 0 Å². The van der Waals surface area contributed by atoms with E-state index in [1.54, 1.807) is 25.4 Å². The summed E-state index contributed by atoms with van der Waals surface area (Å²) in [4.78, 5) is 4.33. The zero-order valence-electron chi connectivity index (χ0n) is 14.6. The number of sulfonamides is 1. The number of nitrogens with one attached hydrogen (secondary N) is 1. The van der Waals surface area contributed by atoms with Gasteiger partial charge in [0, 0.05) is 12.7 Å². The molecule has 1 saturated carbocycles. The number of nitrogens with zero attached hydrogens (tertiary/aromatic N) is 1. The second kappa shape index (κ2) is 6.31. The molecule has 3 rings (SSSR count). The van der Waals surface area contributed by atoms with Crippen molar-refractivity contribution in [2.75, 3.05) is 19.0 Å². The molecule has 1 fully saturated rings. The number of ether oxygens (including phenoxy) is 1. The molecule has 6 nitrogen and oxygen atoms in total. The number of hydrogen-bond acceptors (Lipinski definition) is 5. The van der Waals surface area contributed by atoms with Gasteiger partial charge in [0.15, 0.2) is 0 Å². The van der Waals surface area contributed by atoms with E-state index in [0.29, 0.717) is 17.7 Å². The van der Waals surface area contributed by atoms with Crippen molar-refractivity contribution in [3.05, 3.63) is 48.2 Å². The van der Waals surface area contributed by atoms with Crippen LogP contribution in [-0.4, -0.2) is 27.1 Å². The number of primary sulfonamides is 1. The van der Waals surface area contributed by atoms with Crippen molar-refractivity contribution >= 4 is 15.7 Å². The Labute approximate surface area is 148 Å². The highest BCUT2D eigenvalue weighted by molar-refractivity contribution is 7.89. The van der Waals surface area contributed by atoms with E-state index >= 15 is 0 Å². The lowest BCUT2D eigenvalue weighted by Crippen LogP contribution is -2.11. The smallest absolute Gasteiger partial charge is 0.238 e. The van der Waals surface area contributed by atoms with E-state index in [0.717, 1.165) is 17.8 Å². The van der Waals surface area contributed by atoms with Crippen molar-refractivity contribution in [2.24, 2.45) is 16.5 Å². The molecule has 1 aromatic heterocycles. The van der Waals surface area contributed by atoms with Crippen LogP contribution in [0.1, 0.15) is 25.3 Å². The fourth-order valence-electron chi connectivity index (χ4n) is 3.56. The fraction of sp³-hybridized carbons (Fsp3) is 0.389. The number of methoxy groups -OCH3 is 1. The summed E-state index contributed by atoms with van der Waals surface area (Å²) in [5, 5.41) is 8.58. The average molecular weight is 361 g/mol. The molecule has 1 aromatic carbocycles. The number of pyridine rings is 1. The Morgan fingerprint density at radius 1 is 1.24 bits per heavy atom. The molecule has 25 heavy (non-hydrogen) atoms. The molecule has 134 valence electrons. The fourth-order valence-corrected chi connectivity index (χ4v) is 4.08. The third-order valence-electron chi connectivity index (χ3n) is 5.10. The summed E-state index contributed by atoms with van der Waals surface area (Å²) in [6, 6.07) is 10.7. The molecule has 1 aliphatic rings. The van der Waals surface area contributed by atoms with Crippen LogP contribution in [-0.2, 0) is 10.0 Å². The maximum absolute atomic E-state index is 11.4. The van der Waals surface area contributed by atoms with Crippen molar-refractivity contribution in [3.63, 3.8) is 0 Å². The highest BCUT2D eigenvalue weighted by Crippen LogP contribution is 2.64. The van der Waals surface area contributed by atoms with E-state index < -0.39 is 10.0 Å². The molecule has 0 aliphatic heterocycles. The number of anilines is 1. The van der Waals surface area contributed by atoms with Crippen LogP contribution in [0.5, 0.6) is 5.88 Å². The quantitative estimate of drug-likeness (QED) is 0.825. The van der Waals surface area contributed by atoms with Crippen LogP contribution in [0, 0.1) is 11.3 Å². The van der Waals surface area contributed by atoms with Crippen LogP contribution in [0.15, 0.2) is 47.5 Å². The van der Waals surface area contributed by atoms with Crippen molar-refractivity contribution in [1.29, 1.82) is 0 Å². The van der Waals surface area contributed by atoms with Crippen molar-refractivity contribution < 1.29 is 13.2 Å². The zero-order chi connectivity index (χ0) is 18.2. The van der Waals surface area contributed by atoms with Crippen LogP contribution in [0.4, 0.5) is 5.69 Å². The lowest BCUT2D eigenvalue weighted by atomic mass is 10.0. The SMILES string of the molecule is COc1ncccc1NC[C@@H]1[C@@H](c2ccc(S(N)(=O)=O)cc2)C1(C)C. The molecule has 0 amide bonds. The first-order chi connectivity index (χ1) is 11.7.